The standard InChI is InChI=1S/C23H24ClFN6/c24-18-4-5-19-16(9-18)12-29(8-6-25)13-21-27-28-22(31(19)21)17-10-23(11-17)14-30(15-23)20-3-1-2-7-26-20/h1-5,7,9,17H,6,8,10-15H2. The van der Waals surface area contributed by atoms with Crippen LogP contribution in [0.15, 0.2) is 42.6 Å². The Kier molecular flexibility index (Phi) is 4.51. The Labute approximate surface area is 185 Å². The molecule has 1 aromatic carbocycles. The first-order valence-electron chi connectivity index (χ1n) is 10.8. The maximum atomic E-state index is 13.1. The van der Waals surface area contributed by atoms with Gasteiger partial charge in [-0.1, -0.05) is 17.7 Å². The molecule has 0 bridgehead atoms. The van der Waals surface area contributed by atoms with Gasteiger partial charge in [-0.05, 0) is 48.7 Å². The highest BCUT2D eigenvalue weighted by Gasteiger charge is 2.54. The predicted octanol–water partition coefficient (Wildman–Crippen LogP) is 3.98. The molecule has 3 aromatic rings. The molecule has 1 saturated carbocycles. The molecule has 1 spiro atoms. The van der Waals surface area contributed by atoms with Crippen molar-refractivity contribution in [1.82, 2.24) is 24.6 Å². The largest absolute Gasteiger partial charge is 0.355 e. The molecule has 2 aliphatic heterocycles. The van der Waals surface area contributed by atoms with E-state index in [0.717, 1.165) is 54.6 Å². The molecule has 8 heteroatoms. The lowest BCUT2D eigenvalue weighted by atomic mass is 9.57. The highest BCUT2D eigenvalue weighted by Crippen LogP contribution is 2.56. The maximum absolute atomic E-state index is 13.1. The van der Waals surface area contributed by atoms with Crippen LogP contribution in [0.1, 0.15) is 36.0 Å². The fourth-order valence-electron chi connectivity index (χ4n) is 5.53. The van der Waals surface area contributed by atoms with E-state index in [1.807, 2.05) is 36.5 Å². The fourth-order valence-corrected chi connectivity index (χ4v) is 5.72. The van der Waals surface area contributed by atoms with E-state index in [4.69, 9.17) is 11.6 Å². The smallest absolute Gasteiger partial charge is 0.151 e. The third kappa shape index (κ3) is 3.22. The van der Waals surface area contributed by atoms with Crippen LogP contribution in [0.2, 0.25) is 5.02 Å². The van der Waals surface area contributed by atoms with Crippen molar-refractivity contribution in [1.29, 1.82) is 0 Å². The van der Waals surface area contributed by atoms with E-state index in [0.29, 0.717) is 36.0 Å². The van der Waals surface area contributed by atoms with Crippen molar-refractivity contribution >= 4 is 17.4 Å². The monoisotopic (exact) mass is 438 g/mol. The zero-order valence-electron chi connectivity index (χ0n) is 17.2. The SMILES string of the molecule is FCCN1Cc2cc(Cl)ccc2-n2c(nnc2C2CC3(C2)CN(c2ccccn2)C3)C1. The molecular formula is C23H24ClFN6. The highest BCUT2D eigenvalue weighted by molar-refractivity contribution is 6.30. The molecule has 2 fully saturated rings. The molecule has 0 unspecified atom stereocenters. The van der Waals surface area contributed by atoms with Gasteiger partial charge in [0.1, 0.15) is 18.3 Å². The number of pyridine rings is 1. The second-order valence-corrected chi connectivity index (χ2v) is 9.57. The first kappa shape index (κ1) is 19.2. The number of anilines is 1. The Bertz CT molecular complexity index is 1100. The van der Waals surface area contributed by atoms with E-state index in [1.54, 1.807) is 0 Å². The van der Waals surface area contributed by atoms with Crippen molar-refractivity contribution in [2.75, 3.05) is 31.2 Å². The summed E-state index contributed by atoms with van der Waals surface area (Å²) < 4.78 is 15.3. The van der Waals surface area contributed by atoms with Gasteiger partial charge in [0.2, 0.25) is 0 Å². The van der Waals surface area contributed by atoms with Crippen LogP contribution < -0.4 is 4.90 Å². The number of aromatic nitrogens is 4. The molecule has 4 heterocycles. The third-order valence-electron chi connectivity index (χ3n) is 6.95. The molecule has 3 aliphatic rings. The van der Waals surface area contributed by atoms with E-state index in [1.165, 1.54) is 0 Å². The molecule has 160 valence electrons. The number of halogens is 2. The molecule has 0 amide bonds. The molecule has 2 aromatic heterocycles. The first-order valence-corrected chi connectivity index (χ1v) is 11.2. The van der Waals surface area contributed by atoms with E-state index in [2.05, 4.69) is 35.6 Å². The summed E-state index contributed by atoms with van der Waals surface area (Å²) in [6.45, 7) is 3.36. The topological polar surface area (TPSA) is 50.1 Å². The summed E-state index contributed by atoms with van der Waals surface area (Å²) >= 11 is 6.28. The average Bonchev–Trinajstić information content (AvgIpc) is 3.03. The van der Waals surface area contributed by atoms with Crippen LogP contribution in [0, 0.1) is 5.41 Å². The lowest BCUT2D eigenvalue weighted by molar-refractivity contribution is 0.0581. The lowest BCUT2D eigenvalue weighted by Crippen LogP contribution is -2.62. The van der Waals surface area contributed by atoms with Gasteiger partial charge in [0.15, 0.2) is 5.82 Å². The van der Waals surface area contributed by atoms with Crippen LogP contribution in [-0.4, -0.2) is 51.0 Å². The average molecular weight is 439 g/mol. The third-order valence-corrected chi connectivity index (χ3v) is 7.18. The molecule has 0 N–H and O–H groups in total. The summed E-state index contributed by atoms with van der Waals surface area (Å²) in [5, 5.41) is 9.83. The number of fused-ring (bicyclic) bond motifs is 3. The molecule has 0 atom stereocenters. The Morgan fingerprint density at radius 1 is 1.10 bits per heavy atom. The van der Waals surface area contributed by atoms with E-state index in [-0.39, 0.29) is 6.67 Å². The zero-order chi connectivity index (χ0) is 21.0. The van der Waals surface area contributed by atoms with Crippen molar-refractivity contribution in [3.8, 4) is 5.69 Å². The van der Waals surface area contributed by atoms with Gasteiger partial charge in [0.25, 0.3) is 0 Å². The number of alkyl halides is 1. The number of benzene rings is 1. The molecule has 6 rings (SSSR count). The Balaban J connectivity index is 1.25. The van der Waals surface area contributed by atoms with Gasteiger partial charge in [0.05, 0.1) is 12.2 Å². The maximum Gasteiger partial charge on any atom is 0.151 e. The fraction of sp³-hybridized carbons (Fsp3) is 0.435. The lowest BCUT2D eigenvalue weighted by Gasteiger charge is -2.59. The highest BCUT2D eigenvalue weighted by atomic mass is 35.5. The summed E-state index contributed by atoms with van der Waals surface area (Å²) in [5.41, 5.74) is 2.53. The van der Waals surface area contributed by atoms with Crippen molar-refractivity contribution in [3.05, 3.63) is 64.8 Å². The van der Waals surface area contributed by atoms with Crippen LogP contribution in [0.25, 0.3) is 5.69 Å². The van der Waals surface area contributed by atoms with Gasteiger partial charge in [-0.15, -0.1) is 10.2 Å². The van der Waals surface area contributed by atoms with Crippen molar-refractivity contribution < 1.29 is 4.39 Å². The van der Waals surface area contributed by atoms with Crippen molar-refractivity contribution in [3.63, 3.8) is 0 Å². The van der Waals surface area contributed by atoms with E-state index < -0.39 is 0 Å². The summed E-state index contributed by atoms with van der Waals surface area (Å²) in [7, 11) is 0. The van der Waals surface area contributed by atoms with Crippen LogP contribution in [-0.2, 0) is 13.1 Å². The predicted molar refractivity (Wildman–Crippen MR) is 117 cm³/mol. The zero-order valence-corrected chi connectivity index (χ0v) is 18.0. The van der Waals surface area contributed by atoms with Crippen LogP contribution in [0.5, 0.6) is 0 Å². The van der Waals surface area contributed by atoms with Crippen molar-refractivity contribution in [2.24, 2.45) is 5.41 Å². The van der Waals surface area contributed by atoms with Crippen LogP contribution >= 0.6 is 11.6 Å². The summed E-state index contributed by atoms with van der Waals surface area (Å²) in [4.78, 5) is 8.90. The minimum atomic E-state index is -0.380. The van der Waals surface area contributed by atoms with Gasteiger partial charge in [-0.2, -0.15) is 0 Å². The van der Waals surface area contributed by atoms with Gasteiger partial charge in [-0.3, -0.25) is 9.47 Å². The van der Waals surface area contributed by atoms with Gasteiger partial charge in [0, 0.05) is 48.7 Å². The molecular weight excluding hydrogens is 415 g/mol. The van der Waals surface area contributed by atoms with Gasteiger partial charge < -0.3 is 4.90 Å². The second-order valence-electron chi connectivity index (χ2n) is 9.13. The molecule has 31 heavy (non-hydrogen) atoms. The quantitative estimate of drug-likeness (QED) is 0.616. The minimum absolute atomic E-state index is 0.363. The second kappa shape index (κ2) is 7.28. The van der Waals surface area contributed by atoms with Crippen LogP contribution in [0.4, 0.5) is 10.2 Å². The number of hydrogen-bond acceptors (Lipinski definition) is 5. The summed E-state index contributed by atoms with van der Waals surface area (Å²) in [6, 6.07) is 12.0. The first-order chi connectivity index (χ1) is 15.1. The minimum Gasteiger partial charge on any atom is -0.355 e. The van der Waals surface area contributed by atoms with Crippen molar-refractivity contribution in [2.45, 2.75) is 31.8 Å². The number of hydrogen-bond donors (Lipinski definition) is 0. The van der Waals surface area contributed by atoms with E-state index >= 15 is 0 Å². The Morgan fingerprint density at radius 3 is 2.74 bits per heavy atom. The number of nitrogens with zero attached hydrogens (tertiary/aromatic N) is 6. The molecule has 1 saturated heterocycles. The number of rotatable bonds is 4. The molecule has 1 aliphatic carbocycles. The molecule has 0 radical (unpaired) electrons. The molecule has 6 nitrogen and oxygen atoms in total. The normalized spacial score (nSPS) is 20.0. The summed E-state index contributed by atoms with van der Waals surface area (Å²) in [5.74, 6) is 3.37. The summed E-state index contributed by atoms with van der Waals surface area (Å²) in [6.07, 6.45) is 4.09. The van der Waals surface area contributed by atoms with E-state index in [9.17, 15) is 4.39 Å². The van der Waals surface area contributed by atoms with Gasteiger partial charge >= 0.3 is 0 Å². The Morgan fingerprint density at radius 2 is 1.97 bits per heavy atom. The van der Waals surface area contributed by atoms with Gasteiger partial charge in [-0.25, -0.2) is 9.37 Å². The van der Waals surface area contributed by atoms with Crippen LogP contribution in [0.3, 0.4) is 0 Å². The Hall–Kier alpha value is -2.51.